The molecule has 144 valence electrons. The van der Waals surface area contributed by atoms with Gasteiger partial charge in [-0.05, 0) is 55.8 Å². The van der Waals surface area contributed by atoms with E-state index in [-0.39, 0.29) is 5.91 Å². The molecule has 28 heavy (non-hydrogen) atoms. The van der Waals surface area contributed by atoms with Crippen molar-refractivity contribution >= 4 is 23.2 Å². The van der Waals surface area contributed by atoms with Crippen molar-refractivity contribution in [3.05, 3.63) is 76.6 Å². The Morgan fingerprint density at radius 2 is 1.64 bits per heavy atom. The van der Waals surface area contributed by atoms with E-state index in [1.54, 1.807) is 4.68 Å². The Morgan fingerprint density at radius 3 is 2.32 bits per heavy atom. The number of piperazine rings is 1. The first kappa shape index (κ1) is 18.6. The Morgan fingerprint density at radius 1 is 0.929 bits per heavy atom. The zero-order valence-electron chi connectivity index (χ0n) is 16.1. The number of hydrogen-bond acceptors (Lipinski definition) is 3. The first-order chi connectivity index (χ1) is 13.5. The summed E-state index contributed by atoms with van der Waals surface area (Å²) in [5.41, 5.74) is 4.57. The molecule has 1 aliphatic heterocycles. The number of aromatic nitrogens is 2. The third kappa shape index (κ3) is 3.62. The van der Waals surface area contributed by atoms with E-state index in [1.807, 2.05) is 67.3 Å². The van der Waals surface area contributed by atoms with Gasteiger partial charge in [0.2, 0.25) is 0 Å². The maximum Gasteiger partial charge on any atom is 0.272 e. The summed E-state index contributed by atoms with van der Waals surface area (Å²) in [6.45, 7) is 6.88. The number of amides is 1. The average Bonchev–Trinajstić information content (AvgIpc) is 3.12. The molecule has 0 radical (unpaired) electrons. The van der Waals surface area contributed by atoms with Crippen LogP contribution in [0.2, 0.25) is 5.02 Å². The van der Waals surface area contributed by atoms with Gasteiger partial charge in [0.05, 0.1) is 11.4 Å². The summed E-state index contributed by atoms with van der Waals surface area (Å²) in [5, 5.41) is 5.30. The van der Waals surface area contributed by atoms with Gasteiger partial charge in [-0.25, -0.2) is 4.68 Å². The summed E-state index contributed by atoms with van der Waals surface area (Å²) >= 11 is 6.14. The molecule has 0 spiro atoms. The van der Waals surface area contributed by atoms with Crippen molar-refractivity contribution in [2.45, 2.75) is 13.8 Å². The fourth-order valence-corrected chi connectivity index (χ4v) is 3.69. The van der Waals surface area contributed by atoms with Crippen LogP contribution in [-0.2, 0) is 0 Å². The normalized spacial score (nSPS) is 14.4. The minimum atomic E-state index is 0.0244. The van der Waals surface area contributed by atoms with Crippen LogP contribution in [-0.4, -0.2) is 46.8 Å². The number of hydrogen-bond donors (Lipinski definition) is 0. The van der Waals surface area contributed by atoms with Crippen molar-refractivity contribution in [1.82, 2.24) is 14.7 Å². The lowest BCUT2D eigenvalue weighted by Gasteiger charge is -2.36. The highest BCUT2D eigenvalue weighted by molar-refractivity contribution is 6.31. The van der Waals surface area contributed by atoms with Gasteiger partial charge >= 0.3 is 0 Å². The van der Waals surface area contributed by atoms with E-state index in [9.17, 15) is 4.79 Å². The van der Waals surface area contributed by atoms with Gasteiger partial charge < -0.3 is 9.80 Å². The summed E-state index contributed by atoms with van der Waals surface area (Å²) in [7, 11) is 0. The smallest absolute Gasteiger partial charge is 0.272 e. The van der Waals surface area contributed by atoms with Gasteiger partial charge in [0, 0.05) is 36.9 Å². The Hall–Kier alpha value is -2.79. The van der Waals surface area contributed by atoms with Crippen LogP contribution in [0.15, 0.2) is 54.6 Å². The summed E-state index contributed by atoms with van der Waals surface area (Å²) in [4.78, 5) is 17.4. The molecule has 1 amide bonds. The number of carbonyl (C=O) groups excluding carboxylic acids is 1. The number of rotatable bonds is 3. The Labute approximate surface area is 170 Å². The molecule has 2 heterocycles. The summed E-state index contributed by atoms with van der Waals surface area (Å²) in [6, 6.07) is 17.7. The number of anilines is 1. The fourth-order valence-electron chi connectivity index (χ4n) is 3.57. The number of halogens is 1. The molecule has 1 saturated heterocycles. The SMILES string of the molecule is Cc1cc(C(=O)N2CCN(c3ccc(Cl)c(C)c3)CC2)n(-c2ccccc2)n1. The predicted octanol–water partition coefficient (Wildman–Crippen LogP) is 4.10. The van der Waals surface area contributed by atoms with Crippen molar-refractivity contribution in [2.75, 3.05) is 31.1 Å². The minimum Gasteiger partial charge on any atom is -0.368 e. The number of para-hydroxylation sites is 1. The van der Waals surface area contributed by atoms with E-state index >= 15 is 0 Å². The molecule has 3 aromatic rings. The molecular weight excluding hydrogens is 372 g/mol. The molecule has 1 aliphatic rings. The topological polar surface area (TPSA) is 41.4 Å². The van der Waals surface area contributed by atoms with Crippen LogP contribution in [0.1, 0.15) is 21.7 Å². The van der Waals surface area contributed by atoms with Gasteiger partial charge in [-0.15, -0.1) is 0 Å². The molecule has 1 fully saturated rings. The zero-order valence-corrected chi connectivity index (χ0v) is 16.9. The summed E-state index contributed by atoms with van der Waals surface area (Å²) < 4.78 is 1.74. The lowest BCUT2D eigenvalue weighted by molar-refractivity contribution is 0.0737. The van der Waals surface area contributed by atoms with Gasteiger partial charge in [-0.3, -0.25) is 4.79 Å². The van der Waals surface area contributed by atoms with Crippen molar-refractivity contribution in [3.63, 3.8) is 0 Å². The van der Waals surface area contributed by atoms with E-state index in [0.717, 1.165) is 40.7 Å². The second kappa shape index (κ2) is 7.68. The van der Waals surface area contributed by atoms with Crippen LogP contribution in [0.4, 0.5) is 5.69 Å². The maximum atomic E-state index is 13.2. The first-order valence-corrected chi connectivity index (χ1v) is 9.83. The highest BCUT2D eigenvalue weighted by Gasteiger charge is 2.25. The van der Waals surface area contributed by atoms with Crippen LogP contribution in [0.3, 0.4) is 0 Å². The van der Waals surface area contributed by atoms with Gasteiger partial charge in [0.15, 0.2) is 0 Å². The quantitative estimate of drug-likeness (QED) is 0.671. The van der Waals surface area contributed by atoms with Crippen molar-refractivity contribution < 1.29 is 4.79 Å². The van der Waals surface area contributed by atoms with Crippen LogP contribution < -0.4 is 4.90 Å². The Kier molecular flexibility index (Phi) is 5.09. The van der Waals surface area contributed by atoms with E-state index < -0.39 is 0 Å². The zero-order chi connectivity index (χ0) is 19.7. The molecule has 0 bridgehead atoms. The van der Waals surface area contributed by atoms with E-state index in [4.69, 9.17) is 11.6 Å². The molecule has 0 aliphatic carbocycles. The summed E-state index contributed by atoms with van der Waals surface area (Å²) in [6.07, 6.45) is 0. The number of nitrogens with zero attached hydrogens (tertiary/aromatic N) is 4. The molecule has 0 N–H and O–H groups in total. The van der Waals surface area contributed by atoms with Crippen molar-refractivity contribution in [1.29, 1.82) is 0 Å². The predicted molar refractivity (Wildman–Crippen MR) is 113 cm³/mol. The summed E-state index contributed by atoms with van der Waals surface area (Å²) in [5.74, 6) is 0.0244. The lowest BCUT2D eigenvalue weighted by atomic mass is 10.2. The van der Waals surface area contributed by atoms with E-state index in [1.165, 1.54) is 0 Å². The van der Waals surface area contributed by atoms with Gasteiger partial charge in [0.25, 0.3) is 5.91 Å². The van der Waals surface area contributed by atoms with E-state index in [0.29, 0.717) is 18.8 Å². The van der Waals surface area contributed by atoms with Crippen LogP contribution in [0, 0.1) is 13.8 Å². The Balaban J connectivity index is 1.50. The standard InChI is InChI=1S/C22H23ClN4O/c1-16-14-19(8-9-20(16)23)25-10-12-26(13-11-25)22(28)21-15-17(2)24-27(21)18-6-4-3-5-7-18/h3-9,14-15H,10-13H2,1-2H3. The van der Waals surface area contributed by atoms with Crippen LogP contribution in [0.5, 0.6) is 0 Å². The number of carbonyl (C=O) groups is 1. The van der Waals surface area contributed by atoms with Gasteiger partial charge in [-0.1, -0.05) is 29.8 Å². The number of aryl methyl sites for hydroxylation is 2. The molecule has 0 saturated carbocycles. The first-order valence-electron chi connectivity index (χ1n) is 9.45. The Bertz CT molecular complexity index is 991. The third-order valence-electron chi connectivity index (χ3n) is 5.12. The monoisotopic (exact) mass is 394 g/mol. The highest BCUT2D eigenvalue weighted by Crippen LogP contribution is 2.24. The molecule has 0 atom stereocenters. The second-order valence-corrected chi connectivity index (χ2v) is 7.54. The van der Waals surface area contributed by atoms with Gasteiger partial charge in [-0.2, -0.15) is 5.10 Å². The highest BCUT2D eigenvalue weighted by atomic mass is 35.5. The minimum absolute atomic E-state index is 0.0244. The second-order valence-electron chi connectivity index (χ2n) is 7.13. The maximum absolute atomic E-state index is 13.2. The lowest BCUT2D eigenvalue weighted by Crippen LogP contribution is -2.49. The van der Waals surface area contributed by atoms with Crippen LogP contribution in [0.25, 0.3) is 5.69 Å². The molecule has 5 nitrogen and oxygen atoms in total. The molecule has 6 heteroatoms. The van der Waals surface area contributed by atoms with Gasteiger partial charge in [0.1, 0.15) is 5.69 Å². The average molecular weight is 395 g/mol. The van der Waals surface area contributed by atoms with Crippen LogP contribution >= 0.6 is 11.6 Å². The van der Waals surface area contributed by atoms with E-state index in [2.05, 4.69) is 16.1 Å². The number of benzene rings is 2. The molecule has 0 unspecified atom stereocenters. The molecule has 2 aromatic carbocycles. The fraction of sp³-hybridized carbons (Fsp3) is 0.273. The molecule has 1 aromatic heterocycles. The van der Waals surface area contributed by atoms with Crippen molar-refractivity contribution in [3.8, 4) is 5.69 Å². The molecule has 4 rings (SSSR count). The van der Waals surface area contributed by atoms with Crippen molar-refractivity contribution in [2.24, 2.45) is 0 Å². The third-order valence-corrected chi connectivity index (χ3v) is 5.55. The molecular formula is C22H23ClN4O. The largest absolute Gasteiger partial charge is 0.368 e.